The van der Waals surface area contributed by atoms with E-state index in [4.69, 9.17) is 11.6 Å². The average molecular weight is 351 g/mol. The quantitative estimate of drug-likeness (QED) is 0.515. The van der Waals surface area contributed by atoms with Crippen molar-refractivity contribution in [3.63, 3.8) is 0 Å². The summed E-state index contributed by atoms with van der Waals surface area (Å²) in [6.07, 6.45) is 6.95. The molecule has 0 nitrogen and oxygen atoms in total. The number of benzene rings is 2. The van der Waals surface area contributed by atoms with Gasteiger partial charge in [-0.15, -0.1) is 0 Å². The molecule has 2 fully saturated rings. The van der Waals surface area contributed by atoms with Crippen LogP contribution in [0.4, 0.5) is 0 Å². The molecule has 5 unspecified atom stereocenters. The lowest BCUT2D eigenvalue weighted by Crippen LogP contribution is -2.49. The summed E-state index contributed by atoms with van der Waals surface area (Å²) in [7, 11) is 0. The third-order valence-electron chi connectivity index (χ3n) is 7.68. The van der Waals surface area contributed by atoms with Gasteiger partial charge < -0.3 is 0 Å². The summed E-state index contributed by atoms with van der Waals surface area (Å²) in [4.78, 5) is 0. The maximum absolute atomic E-state index is 6.51. The first-order chi connectivity index (χ1) is 12.1. The molecule has 0 N–H and O–H groups in total. The molecule has 3 aliphatic rings. The monoisotopic (exact) mass is 350 g/mol. The lowest BCUT2D eigenvalue weighted by Gasteiger charge is -2.54. The van der Waals surface area contributed by atoms with Gasteiger partial charge in [0.25, 0.3) is 0 Å². The SMILES string of the molecule is CCC1CC2CC(C)C3(c4ccccc4-c4ccc(Cl)cc43)C(C1)C2. The maximum atomic E-state index is 6.51. The van der Waals surface area contributed by atoms with Gasteiger partial charge in [-0.3, -0.25) is 0 Å². The van der Waals surface area contributed by atoms with Crippen molar-refractivity contribution in [2.45, 2.75) is 51.4 Å². The van der Waals surface area contributed by atoms with Gasteiger partial charge in [0.15, 0.2) is 0 Å². The highest BCUT2D eigenvalue weighted by atomic mass is 35.5. The van der Waals surface area contributed by atoms with Crippen molar-refractivity contribution < 1.29 is 0 Å². The van der Waals surface area contributed by atoms with Gasteiger partial charge in [-0.2, -0.15) is 0 Å². The fourth-order valence-corrected chi connectivity index (χ4v) is 7.01. The van der Waals surface area contributed by atoms with E-state index in [0.717, 1.165) is 22.8 Å². The summed E-state index contributed by atoms with van der Waals surface area (Å²) in [5.74, 6) is 3.29. The lowest BCUT2D eigenvalue weighted by molar-refractivity contribution is 0.0368. The van der Waals surface area contributed by atoms with Crippen LogP contribution in [0.15, 0.2) is 42.5 Å². The molecule has 2 aromatic rings. The Bertz CT molecular complexity index is 821. The van der Waals surface area contributed by atoms with Gasteiger partial charge >= 0.3 is 0 Å². The minimum absolute atomic E-state index is 0.182. The second-order valence-corrected chi connectivity index (χ2v) is 9.22. The van der Waals surface area contributed by atoms with Crippen LogP contribution in [0.1, 0.15) is 57.1 Å². The van der Waals surface area contributed by atoms with Gasteiger partial charge in [-0.25, -0.2) is 0 Å². The van der Waals surface area contributed by atoms with E-state index in [1.807, 2.05) is 0 Å². The van der Waals surface area contributed by atoms with E-state index in [2.05, 4.69) is 56.3 Å². The van der Waals surface area contributed by atoms with Crippen LogP contribution in [-0.2, 0) is 5.41 Å². The molecular weight excluding hydrogens is 324 g/mol. The van der Waals surface area contributed by atoms with Gasteiger partial charge in [0, 0.05) is 10.4 Å². The molecule has 2 saturated carbocycles. The molecule has 0 saturated heterocycles. The smallest absolute Gasteiger partial charge is 0.0409 e. The second kappa shape index (κ2) is 5.61. The van der Waals surface area contributed by atoms with Gasteiger partial charge in [-0.05, 0) is 83.7 Å². The molecule has 0 heterocycles. The van der Waals surface area contributed by atoms with E-state index >= 15 is 0 Å². The molecule has 1 spiro atoms. The number of rotatable bonds is 1. The Morgan fingerprint density at radius 3 is 2.60 bits per heavy atom. The molecule has 5 rings (SSSR count). The van der Waals surface area contributed by atoms with Crippen LogP contribution in [-0.4, -0.2) is 0 Å². The Morgan fingerprint density at radius 1 is 0.960 bits per heavy atom. The van der Waals surface area contributed by atoms with Crippen molar-refractivity contribution in [3.8, 4) is 11.1 Å². The predicted molar refractivity (Wildman–Crippen MR) is 106 cm³/mol. The Kier molecular flexibility index (Phi) is 3.58. The number of fused-ring (bicyclic) bond motifs is 8. The van der Waals surface area contributed by atoms with Gasteiger partial charge in [0.05, 0.1) is 0 Å². The maximum Gasteiger partial charge on any atom is 0.0409 e. The van der Waals surface area contributed by atoms with Gasteiger partial charge in [0.2, 0.25) is 0 Å². The predicted octanol–water partition coefficient (Wildman–Crippen LogP) is 7.09. The first-order valence-electron chi connectivity index (χ1n) is 10.0. The minimum Gasteiger partial charge on any atom is -0.0843 e. The minimum atomic E-state index is 0.182. The molecule has 5 atom stereocenters. The van der Waals surface area contributed by atoms with Crippen LogP contribution in [0.3, 0.4) is 0 Å². The van der Waals surface area contributed by atoms with Crippen molar-refractivity contribution in [1.82, 2.24) is 0 Å². The van der Waals surface area contributed by atoms with Crippen molar-refractivity contribution in [3.05, 3.63) is 58.6 Å². The Balaban J connectivity index is 1.77. The molecule has 1 heteroatoms. The van der Waals surface area contributed by atoms with Crippen LogP contribution >= 0.6 is 11.6 Å². The third kappa shape index (κ3) is 2.07. The summed E-state index contributed by atoms with van der Waals surface area (Å²) in [6.45, 7) is 4.90. The Hall–Kier alpha value is -1.27. The number of hydrogen-bond donors (Lipinski definition) is 0. The van der Waals surface area contributed by atoms with Crippen LogP contribution in [0, 0.1) is 23.7 Å². The molecule has 25 heavy (non-hydrogen) atoms. The first-order valence-corrected chi connectivity index (χ1v) is 10.4. The van der Waals surface area contributed by atoms with Crippen molar-refractivity contribution in [1.29, 1.82) is 0 Å². The highest BCUT2D eigenvalue weighted by Gasteiger charge is 2.56. The molecular formula is C24H27Cl. The Morgan fingerprint density at radius 2 is 1.76 bits per heavy atom. The third-order valence-corrected chi connectivity index (χ3v) is 7.91. The zero-order chi connectivity index (χ0) is 17.2. The molecule has 3 aliphatic carbocycles. The molecule has 130 valence electrons. The van der Waals surface area contributed by atoms with E-state index < -0.39 is 0 Å². The van der Waals surface area contributed by atoms with E-state index in [1.54, 1.807) is 5.56 Å². The Labute approximate surface area is 156 Å². The highest BCUT2D eigenvalue weighted by Crippen LogP contribution is 2.64. The van der Waals surface area contributed by atoms with E-state index in [1.165, 1.54) is 48.8 Å². The van der Waals surface area contributed by atoms with Crippen LogP contribution in [0.25, 0.3) is 11.1 Å². The van der Waals surface area contributed by atoms with Crippen LogP contribution in [0.2, 0.25) is 5.02 Å². The normalized spacial score (nSPS) is 35.5. The summed E-state index contributed by atoms with van der Waals surface area (Å²) >= 11 is 6.51. The number of halogens is 1. The average Bonchev–Trinajstić information content (AvgIpc) is 2.90. The van der Waals surface area contributed by atoms with E-state index in [9.17, 15) is 0 Å². The van der Waals surface area contributed by atoms with Crippen LogP contribution < -0.4 is 0 Å². The molecule has 0 radical (unpaired) electrons. The molecule has 0 amide bonds. The van der Waals surface area contributed by atoms with Gasteiger partial charge in [0.1, 0.15) is 0 Å². The summed E-state index contributed by atoms with van der Waals surface area (Å²) < 4.78 is 0. The fraction of sp³-hybridized carbons (Fsp3) is 0.500. The second-order valence-electron chi connectivity index (χ2n) is 8.79. The van der Waals surface area contributed by atoms with E-state index in [0.29, 0.717) is 5.92 Å². The number of hydrogen-bond acceptors (Lipinski definition) is 0. The first kappa shape index (κ1) is 15.9. The summed E-state index contributed by atoms with van der Waals surface area (Å²) in [6, 6.07) is 15.8. The van der Waals surface area contributed by atoms with Crippen LogP contribution in [0.5, 0.6) is 0 Å². The largest absolute Gasteiger partial charge is 0.0843 e. The zero-order valence-electron chi connectivity index (χ0n) is 15.3. The van der Waals surface area contributed by atoms with Crippen molar-refractivity contribution in [2.75, 3.05) is 0 Å². The van der Waals surface area contributed by atoms with Crippen molar-refractivity contribution in [2.24, 2.45) is 23.7 Å². The molecule has 2 bridgehead atoms. The standard InChI is InChI=1S/C24H27Cl/c1-3-16-11-17-10-15(2)24(18(12-16)13-17)22-7-5-4-6-20(22)21-9-8-19(25)14-23(21)24/h4-9,14-18H,3,10-13H2,1-2H3. The van der Waals surface area contributed by atoms with Gasteiger partial charge in [-0.1, -0.05) is 62.2 Å². The van der Waals surface area contributed by atoms with Crippen molar-refractivity contribution >= 4 is 11.6 Å². The molecule has 2 aromatic carbocycles. The summed E-state index contributed by atoms with van der Waals surface area (Å²) in [5.41, 5.74) is 6.18. The molecule has 0 aromatic heterocycles. The highest BCUT2D eigenvalue weighted by molar-refractivity contribution is 6.30. The van der Waals surface area contributed by atoms with E-state index in [-0.39, 0.29) is 5.41 Å². The topological polar surface area (TPSA) is 0 Å². The fourth-order valence-electron chi connectivity index (χ4n) is 6.84. The molecule has 0 aliphatic heterocycles. The summed E-state index contributed by atoms with van der Waals surface area (Å²) in [5, 5.41) is 0.892. The lowest BCUT2D eigenvalue weighted by atomic mass is 9.49. The zero-order valence-corrected chi connectivity index (χ0v) is 16.0.